The first kappa shape index (κ1) is 60.9. The molecule has 2 heterocycles. The fourth-order valence-corrected chi connectivity index (χ4v) is 8.32. The van der Waals surface area contributed by atoms with Gasteiger partial charge < -0.3 is 9.47 Å². The molecule has 0 bridgehead atoms. The van der Waals surface area contributed by atoms with E-state index in [0.29, 0.717) is 0 Å². The van der Waals surface area contributed by atoms with Gasteiger partial charge in [0.1, 0.15) is 0 Å². The predicted octanol–water partition coefficient (Wildman–Crippen LogP) is 15.3. The highest BCUT2D eigenvalue weighted by Crippen LogP contribution is 2.69. The van der Waals surface area contributed by atoms with E-state index in [2.05, 4.69) is 9.47 Å². The van der Waals surface area contributed by atoms with Gasteiger partial charge in [-0.25, -0.2) is 19.2 Å². The molecule has 6 nitrogen and oxygen atoms in total. The average molecular weight is 1230 g/mol. The number of ether oxygens (including phenoxy) is 2. The minimum absolute atomic E-state index is 0.0774. The first-order valence-corrected chi connectivity index (χ1v) is 19.5. The van der Waals surface area contributed by atoms with Gasteiger partial charge in [0.05, 0.1) is 22.3 Å². The number of alkyl halides is 34. The number of fused-ring (bicyclic) bond motifs is 2. The van der Waals surface area contributed by atoms with Gasteiger partial charge >= 0.3 is 119 Å². The molecule has 0 unspecified atom stereocenters. The Labute approximate surface area is 410 Å². The molecule has 0 amide bonds. The lowest BCUT2D eigenvalue weighted by Gasteiger charge is -2.43. The van der Waals surface area contributed by atoms with Crippen LogP contribution in [0.25, 0.3) is 43.1 Å². The van der Waals surface area contributed by atoms with Crippen LogP contribution in [0.15, 0.2) is 36.4 Å². The number of halogens is 34. The molecule has 0 atom stereocenters. The van der Waals surface area contributed by atoms with E-state index in [9.17, 15) is 116 Å². The zero-order valence-corrected chi connectivity index (χ0v) is 35.8. The Morgan fingerprint density at radius 1 is 0.237 bits per heavy atom. The van der Waals surface area contributed by atoms with Gasteiger partial charge in [0, 0.05) is 32.7 Å². The summed E-state index contributed by atoms with van der Waals surface area (Å²) in [5, 5.41) is -17.6. The first-order valence-electron chi connectivity index (χ1n) is 19.5. The van der Waals surface area contributed by atoms with Crippen molar-refractivity contribution in [2.45, 2.75) is 95.3 Å². The Balaban J connectivity index is 1.65. The van der Waals surface area contributed by atoms with Crippen molar-refractivity contribution in [3.05, 3.63) is 69.8 Å². The third kappa shape index (κ3) is 6.70. The van der Waals surface area contributed by atoms with Crippen LogP contribution >= 0.6 is 0 Å². The number of carbonyl (C=O) groups excluding carboxylic acids is 4. The van der Waals surface area contributed by atoms with Gasteiger partial charge in [0.15, 0.2) is 0 Å². The van der Waals surface area contributed by atoms with Crippen LogP contribution in [-0.2, 0) is 21.3 Å². The van der Waals surface area contributed by atoms with E-state index in [-0.39, 0.29) is 24.3 Å². The highest BCUT2D eigenvalue weighted by molar-refractivity contribution is 6.41. The summed E-state index contributed by atoms with van der Waals surface area (Å²) in [6.07, 6.45) is -16.5. The summed E-state index contributed by atoms with van der Waals surface area (Å²) in [6, 6.07) is -3.02. The molecule has 440 valence electrons. The summed E-state index contributed by atoms with van der Waals surface area (Å²) in [5.74, 6) is -135. The van der Waals surface area contributed by atoms with Gasteiger partial charge in [0.2, 0.25) is 0 Å². The molecule has 0 aliphatic carbocycles. The Morgan fingerprint density at radius 2 is 0.450 bits per heavy atom. The van der Waals surface area contributed by atoms with Crippen molar-refractivity contribution in [2.75, 3.05) is 0 Å². The monoisotopic (exact) mass is 1230 g/mol. The van der Waals surface area contributed by atoms with Crippen molar-refractivity contribution in [1.82, 2.24) is 0 Å². The Hall–Kier alpha value is -6.70. The SMILES string of the molecule is O=C1OC(=O)c2cc(C(F)(F)C(F)(F)C(F)(F)C(F)(F)C(F)(F)C(F)(F)C(F)(F)C(F)(F)F)c3c4ccc5c6c(cc(C(F)(F)C(F)(F)C(F)(F)C(F)(F)C(F)(F)C(F)(F)C(F)(F)C(F)(F)F)c(c7ccc1c2c73)c64)C(=O)OC5=O. The topological polar surface area (TPSA) is 86.7 Å². The molecule has 0 fully saturated rings. The molecule has 5 aromatic carbocycles. The highest BCUT2D eigenvalue weighted by atomic mass is 19.4. The largest absolute Gasteiger partial charge is 0.460 e. The minimum Gasteiger partial charge on any atom is -0.386 e. The van der Waals surface area contributed by atoms with Crippen molar-refractivity contribution in [2.24, 2.45) is 0 Å². The van der Waals surface area contributed by atoms with Crippen LogP contribution in [-0.4, -0.2) is 107 Å². The maximum absolute atomic E-state index is 16.7. The Kier molecular flexibility index (Phi) is 12.2. The predicted molar refractivity (Wildman–Crippen MR) is 186 cm³/mol. The number of carbonyl (C=O) groups is 4. The quantitative estimate of drug-likeness (QED) is 0.0362. The fraction of sp³-hybridized carbons (Fsp3) is 0.400. The summed E-state index contributed by atoms with van der Waals surface area (Å²) in [6.45, 7) is 0. The van der Waals surface area contributed by atoms with Crippen LogP contribution in [0.1, 0.15) is 52.6 Å². The molecule has 0 spiro atoms. The lowest BCUT2D eigenvalue weighted by atomic mass is 9.77. The normalized spacial score (nSPS) is 16.9. The number of hydrogen-bond donors (Lipinski definition) is 0. The van der Waals surface area contributed by atoms with Crippen molar-refractivity contribution in [3.63, 3.8) is 0 Å². The summed E-state index contributed by atoms with van der Waals surface area (Å²) in [5.41, 5.74) is -14.7. The maximum Gasteiger partial charge on any atom is 0.460 e. The first-order chi connectivity index (χ1) is 35.3. The van der Waals surface area contributed by atoms with E-state index in [1.54, 1.807) is 0 Å². The Bertz CT molecular complexity index is 3300. The summed E-state index contributed by atoms with van der Waals surface area (Å²) in [7, 11) is 0. The smallest absolute Gasteiger partial charge is 0.386 e. The van der Waals surface area contributed by atoms with Gasteiger partial charge in [-0.3, -0.25) is 0 Å². The van der Waals surface area contributed by atoms with E-state index >= 15 is 52.7 Å². The van der Waals surface area contributed by atoms with Crippen LogP contribution in [0.5, 0.6) is 0 Å². The molecule has 40 heteroatoms. The second-order valence-corrected chi connectivity index (χ2v) is 16.9. The molecule has 0 radical (unpaired) electrons. The summed E-state index contributed by atoms with van der Waals surface area (Å²) in [4.78, 5) is 51.7. The number of esters is 4. The van der Waals surface area contributed by atoms with E-state index < -0.39 is 208 Å². The Morgan fingerprint density at radius 3 is 0.688 bits per heavy atom. The fourth-order valence-electron chi connectivity index (χ4n) is 8.32. The van der Waals surface area contributed by atoms with Crippen molar-refractivity contribution in [1.29, 1.82) is 0 Å². The standard InChI is InChI=1S/C40H6F34O6/c41-25(42,27(45,46)29(49,50)31(53,54)33(57,58)35(61,62)37(65,66)39(69,70)71)13-5-12-16-10(22(76)80-24(12)78)4-2-8-18-14(6-11-15-9(21(75)79-23(11)77)3-1-7(19(15)18)17(13)20(8)16)26(43,44)28(47,48)30(51,52)32(55,56)34(59,60)36(63,64)38(67,68)40(72,73)74/h1-6H. The zero-order chi connectivity index (χ0) is 62.0. The number of rotatable bonds is 14. The number of benzene rings is 5. The minimum atomic E-state index is -9.38. The van der Waals surface area contributed by atoms with E-state index in [4.69, 9.17) is 0 Å². The molecule has 7 rings (SSSR count). The molecular weight excluding hydrogens is 1220 g/mol. The third-order valence-electron chi connectivity index (χ3n) is 12.5. The summed E-state index contributed by atoms with van der Waals surface area (Å²) >= 11 is 0. The van der Waals surface area contributed by atoms with E-state index in [1.165, 1.54) is 0 Å². The molecule has 2 aliphatic rings. The second kappa shape index (κ2) is 16.1. The number of cyclic esters (lactones) is 4. The highest BCUT2D eigenvalue weighted by Gasteiger charge is 2.97. The maximum atomic E-state index is 16.7. The van der Waals surface area contributed by atoms with Crippen molar-refractivity contribution >= 4 is 67.0 Å². The van der Waals surface area contributed by atoms with Crippen LogP contribution in [0.4, 0.5) is 149 Å². The van der Waals surface area contributed by atoms with Gasteiger partial charge in [0.25, 0.3) is 0 Å². The lowest BCUT2D eigenvalue weighted by molar-refractivity contribution is -0.462. The lowest BCUT2D eigenvalue weighted by Crippen LogP contribution is -2.74. The van der Waals surface area contributed by atoms with Gasteiger partial charge in [-0.05, 0) is 45.8 Å². The van der Waals surface area contributed by atoms with Crippen LogP contribution in [0.3, 0.4) is 0 Å². The molecule has 5 aromatic rings. The number of hydrogen-bond acceptors (Lipinski definition) is 6. The molecule has 2 aliphatic heterocycles. The van der Waals surface area contributed by atoms with Gasteiger partial charge in [-0.2, -0.15) is 149 Å². The molecular formula is C40H6F34O6. The van der Waals surface area contributed by atoms with E-state index in [1.807, 2.05) is 0 Å². The van der Waals surface area contributed by atoms with Crippen molar-refractivity contribution < 1.29 is 178 Å². The molecule has 0 saturated carbocycles. The van der Waals surface area contributed by atoms with Crippen LogP contribution in [0.2, 0.25) is 0 Å². The van der Waals surface area contributed by atoms with Crippen molar-refractivity contribution in [3.8, 4) is 0 Å². The second-order valence-electron chi connectivity index (χ2n) is 16.9. The average Bonchev–Trinajstić information content (AvgIpc) is 3.29. The molecule has 0 N–H and O–H groups in total. The molecule has 80 heavy (non-hydrogen) atoms. The van der Waals surface area contributed by atoms with Crippen LogP contribution < -0.4 is 0 Å². The van der Waals surface area contributed by atoms with Crippen LogP contribution in [0, 0.1) is 0 Å². The zero-order valence-electron chi connectivity index (χ0n) is 35.8. The van der Waals surface area contributed by atoms with Gasteiger partial charge in [-0.1, -0.05) is 12.1 Å². The third-order valence-corrected chi connectivity index (χ3v) is 12.5. The van der Waals surface area contributed by atoms with E-state index in [0.717, 1.165) is 0 Å². The molecule has 0 saturated heterocycles. The molecule has 0 aromatic heterocycles. The summed E-state index contributed by atoms with van der Waals surface area (Å²) < 4.78 is 504. The van der Waals surface area contributed by atoms with Gasteiger partial charge in [-0.15, -0.1) is 0 Å².